The van der Waals surface area contributed by atoms with E-state index in [9.17, 15) is 4.79 Å². The maximum absolute atomic E-state index is 11.1. The fourth-order valence-corrected chi connectivity index (χ4v) is 1.24. The zero-order valence-corrected chi connectivity index (χ0v) is 9.93. The normalized spacial score (nSPS) is 10.4. The molecular weight excluding hydrogens is 202 g/mol. The summed E-state index contributed by atoms with van der Waals surface area (Å²) < 4.78 is 4.79. The molecule has 0 spiro atoms. The predicted octanol–water partition coefficient (Wildman–Crippen LogP) is 2.33. The number of rotatable bonds is 4. The highest BCUT2D eigenvalue weighted by Crippen LogP contribution is 2.13. The Morgan fingerprint density at radius 1 is 1.31 bits per heavy atom. The molecule has 0 aromatic heterocycles. The van der Waals surface area contributed by atoms with Crippen LogP contribution in [0.25, 0.3) is 6.08 Å². The lowest BCUT2D eigenvalue weighted by atomic mass is 10.2. The van der Waals surface area contributed by atoms with Crippen LogP contribution in [0.15, 0.2) is 30.3 Å². The number of hydrogen-bond donors (Lipinski definition) is 0. The number of carbonyl (C=O) groups is 1. The molecule has 1 aromatic carbocycles. The predicted molar refractivity (Wildman–Crippen MR) is 66.4 cm³/mol. The Balaban J connectivity index is 2.65. The zero-order valence-electron chi connectivity index (χ0n) is 9.93. The Labute approximate surface area is 96.3 Å². The molecule has 0 fully saturated rings. The smallest absolute Gasteiger partial charge is 0.330 e. The number of hydrogen-bond acceptors (Lipinski definition) is 3. The highest BCUT2D eigenvalue weighted by molar-refractivity contribution is 5.87. The standard InChI is InChI=1S/C13H17NO2/c1-4-16-13(15)10-7-11-5-8-12(9-6-11)14(2)3/h5-10H,4H2,1-3H3. The molecular formula is C13H17NO2. The molecule has 86 valence electrons. The summed E-state index contributed by atoms with van der Waals surface area (Å²) in [7, 11) is 3.98. The van der Waals surface area contributed by atoms with E-state index in [1.165, 1.54) is 6.08 Å². The van der Waals surface area contributed by atoms with Gasteiger partial charge < -0.3 is 9.64 Å². The minimum Gasteiger partial charge on any atom is -0.463 e. The molecule has 0 bridgehead atoms. The second kappa shape index (κ2) is 5.95. The van der Waals surface area contributed by atoms with Gasteiger partial charge in [0.1, 0.15) is 0 Å². The highest BCUT2D eigenvalue weighted by atomic mass is 16.5. The van der Waals surface area contributed by atoms with Crippen molar-refractivity contribution in [2.75, 3.05) is 25.6 Å². The maximum atomic E-state index is 11.1. The van der Waals surface area contributed by atoms with Crippen LogP contribution < -0.4 is 4.90 Å². The number of nitrogens with zero attached hydrogens (tertiary/aromatic N) is 1. The molecule has 1 rings (SSSR count). The third kappa shape index (κ3) is 3.77. The number of ether oxygens (including phenoxy) is 1. The number of anilines is 1. The third-order valence-electron chi connectivity index (χ3n) is 2.11. The molecule has 0 saturated carbocycles. The molecule has 0 heterocycles. The van der Waals surface area contributed by atoms with Crippen molar-refractivity contribution in [3.05, 3.63) is 35.9 Å². The van der Waals surface area contributed by atoms with Gasteiger partial charge in [0.05, 0.1) is 6.61 Å². The van der Waals surface area contributed by atoms with Crippen LogP contribution in [-0.2, 0) is 9.53 Å². The van der Waals surface area contributed by atoms with Gasteiger partial charge in [-0.15, -0.1) is 0 Å². The average Bonchev–Trinajstić information content (AvgIpc) is 2.27. The average molecular weight is 219 g/mol. The monoisotopic (exact) mass is 219 g/mol. The van der Waals surface area contributed by atoms with Crippen LogP contribution in [0.4, 0.5) is 5.69 Å². The molecule has 0 amide bonds. The van der Waals surface area contributed by atoms with Gasteiger partial charge in [-0.1, -0.05) is 12.1 Å². The first-order chi connectivity index (χ1) is 7.63. The summed E-state index contributed by atoms with van der Waals surface area (Å²) in [5.74, 6) is -0.306. The highest BCUT2D eigenvalue weighted by Gasteiger charge is 1.95. The Hall–Kier alpha value is -1.77. The van der Waals surface area contributed by atoms with Crippen LogP contribution in [0.5, 0.6) is 0 Å². The molecule has 0 aliphatic heterocycles. The van der Waals surface area contributed by atoms with Crippen molar-refractivity contribution in [2.24, 2.45) is 0 Å². The first-order valence-electron chi connectivity index (χ1n) is 5.25. The maximum Gasteiger partial charge on any atom is 0.330 e. The van der Waals surface area contributed by atoms with Crippen LogP contribution in [0.3, 0.4) is 0 Å². The van der Waals surface area contributed by atoms with Crippen LogP contribution in [0, 0.1) is 0 Å². The van der Waals surface area contributed by atoms with Gasteiger partial charge in [-0.05, 0) is 30.7 Å². The Bertz CT molecular complexity index is 366. The van der Waals surface area contributed by atoms with Crippen molar-refractivity contribution in [3.63, 3.8) is 0 Å². The lowest BCUT2D eigenvalue weighted by molar-refractivity contribution is -0.137. The van der Waals surface area contributed by atoms with E-state index < -0.39 is 0 Å². The number of benzene rings is 1. The molecule has 16 heavy (non-hydrogen) atoms. The van der Waals surface area contributed by atoms with Crippen molar-refractivity contribution >= 4 is 17.7 Å². The van der Waals surface area contributed by atoms with Gasteiger partial charge in [0.15, 0.2) is 0 Å². The Kier molecular flexibility index (Phi) is 4.58. The summed E-state index contributed by atoms with van der Waals surface area (Å²) in [6.45, 7) is 2.19. The van der Waals surface area contributed by atoms with Gasteiger partial charge in [0.25, 0.3) is 0 Å². The van der Waals surface area contributed by atoms with Crippen molar-refractivity contribution < 1.29 is 9.53 Å². The fourth-order valence-electron chi connectivity index (χ4n) is 1.24. The van der Waals surface area contributed by atoms with E-state index in [2.05, 4.69) is 0 Å². The molecule has 3 heteroatoms. The summed E-state index contributed by atoms with van der Waals surface area (Å²) in [5, 5.41) is 0. The Morgan fingerprint density at radius 3 is 2.44 bits per heavy atom. The second-order valence-corrected chi connectivity index (χ2v) is 3.57. The van der Waals surface area contributed by atoms with Crippen LogP contribution in [0.2, 0.25) is 0 Å². The minimum absolute atomic E-state index is 0.306. The topological polar surface area (TPSA) is 29.5 Å². The van der Waals surface area contributed by atoms with Gasteiger partial charge in [0.2, 0.25) is 0 Å². The number of esters is 1. The van der Waals surface area contributed by atoms with Gasteiger partial charge in [-0.3, -0.25) is 0 Å². The van der Waals surface area contributed by atoms with E-state index in [1.807, 2.05) is 43.3 Å². The van der Waals surface area contributed by atoms with Gasteiger partial charge in [-0.25, -0.2) is 4.79 Å². The van der Waals surface area contributed by atoms with Crippen LogP contribution in [0.1, 0.15) is 12.5 Å². The zero-order chi connectivity index (χ0) is 12.0. The van der Waals surface area contributed by atoms with Gasteiger partial charge in [-0.2, -0.15) is 0 Å². The van der Waals surface area contributed by atoms with Crippen LogP contribution >= 0.6 is 0 Å². The van der Waals surface area contributed by atoms with Crippen molar-refractivity contribution in [1.82, 2.24) is 0 Å². The van der Waals surface area contributed by atoms with E-state index in [0.29, 0.717) is 6.61 Å². The fraction of sp³-hybridized carbons (Fsp3) is 0.308. The van der Waals surface area contributed by atoms with E-state index >= 15 is 0 Å². The summed E-state index contributed by atoms with van der Waals surface area (Å²) in [6, 6.07) is 7.94. The summed E-state index contributed by atoms with van der Waals surface area (Å²) in [6.07, 6.45) is 3.19. The van der Waals surface area contributed by atoms with Crippen molar-refractivity contribution in [1.29, 1.82) is 0 Å². The number of carbonyl (C=O) groups excluding carboxylic acids is 1. The van der Waals surface area contributed by atoms with Crippen molar-refractivity contribution in [2.45, 2.75) is 6.92 Å². The van der Waals surface area contributed by atoms with Gasteiger partial charge in [0, 0.05) is 25.9 Å². The molecule has 0 atom stereocenters. The second-order valence-electron chi connectivity index (χ2n) is 3.57. The quantitative estimate of drug-likeness (QED) is 0.575. The minimum atomic E-state index is -0.306. The Morgan fingerprint density at radius 2 is 1.94 bits per heavy atom. The molecule has 0 unspecified atom stereocenters. The van der Waals surface area contributed by atoms with E-state index in [0.717, 1.165) is 11.3 Å². The molecule has 0 saturated heterocycles. The summed E-state index contributed by atoms with van der Waals surface area (Å²) >= 11 is 0. The first-order valence-corrected chi connectivity index (χ1v) is 5.25. The lowest BCUT2D eigenvalue weighted by Gasteiger charge is -2.11. The van der Waals surface area contributed by atoms with Crippen molar-refractivity contribution in [3.8, 4) is 0 Å². The molecule has 0 N–H and O–H groups in total. The summed E-state index contributed by atoms with van der Waals surface area (Å²) in [4.78, 5) is 13.1. The SMILES string of the molecule is CCOC(=O)C=Cc1ccc(N(C)C)cc1. The third-order valence-corrected chi connectivity index (χ3v) is 2.11. The molecule has 0 aliphatic carbocycles. The lowest BCUT2D eigenvalue weighted by Crippen LogP contribution is -2.07. The molecule has 3 nitrogen and oxygen atoms in total. The first kappa shape index (κ1) is 12.3. The molecule has 0 aliphatic rings. The summed E-state index contributed by atoms with van der Waals surface area (Å²) in [5.41, 5.74) is 2.12. The van der Waals surface area contributed by atoms with E-state index in [1.54, 1.807) is 13.0 Å². The largest absolute Gasteiger partial charge is 0.463 e. The van der Waals surface area contributed by atoms with E-state index in [4.69, 9.17) is 4.74 Å². The van der Waals surface area contributed by atoms with E-state index in [-0.39, 0.29) is 5.97 Å². The van der Waals surface area contributed by atoms with Gasteiger partial charge >= 0.3 is 5.97 Å². The van der Waals surface area contributed by atoms with Crippen LogP contribution in [-0.4, -0.2) is 26.7 Å². The molecule has 1 aromatic rings. The molecule has 0 radical (unpaired) electrons.